The second-order valence-electron chi connectivity index (χ2n) is 9.05. The molecule has 0 heterocycles. The van der Waals surface area contributed by atoms with E-state index in [0.717, 1.165) is 18.1 Å². The number of carbonyl (C=O) groups excluding carboxylic acids is 1. The summed E-state index contributed by atoms with van der Waals surface area (Å²) in [6.45, 7) is 18.0. The first-order valence-corrected chi connectivity index (χ1v) is 11.3. The summed E-state index contributed by atoms with van der Waals surface area (Å²) in [6, 6.07) is 0. The van der Waals surface area contributed by atoms with Crippen LogP contribution in [0.15, 0.2) is 0 Å². The van der Waals surface area contributed by atoms with Gasteiger partial charge in [-0.1, -0.05) is 48.5 Å². The summed E-state index contributed by atoms with van der Waals surface area (Å²) in [5, 5.41) is 0.726. The van der Waals surface area contributed by atoms with Gasteiger partial charge in [-0.15, -0.1) is 0 Å². The van der Waals surface area contributed by atoms with Crippen LogP contribution in [0, 0.1) is 16.7 Å². The first-order valence-electron chi connectivity index (χ1n) is 8.61. The van der Waals surface area contributed by atoms with E-state index in [0.29, 0.717) is 12.5 Å². The average molecular weight is 333 g/mol. The smallest absolute Gasteiger partial charge is 0.312 e. The summed E-state index contributed by atoms with van der Waals surface area (Å²) < 4.78 is 5.68. The van der Waals surface area contributed by atoms with Crippen LogP contribution in [-0.2, 0) is 9.53 Å². The van der Waals surface area contributed by atoms with E-state index < -0.39 is 15.4 Å². The lowest BCUT2D eigenvalue weighted by Crippen LogP contribution is -2.42. The van der Waals surface area contributed by atoms with Crippen molar-refractivity contribution in [1.29, 1.82) is 0 Å². The van der Waals surface area contributed by atoms with Gasteiger partial charge in [0.05, 0.1) is 12.0 Å². The lowest BCUT2D eigenvalue weighted by molar-refractivity contribution is -0.163. The summed E-state index contributed by atoms with van der Waals surface area (Å²) in [7, 11) is -0.570. The number of ether oxygens (including phenoxy) is 1. The zero-order valence-corrected chi connectivity index (χ0v) is 17.5. The topological polar surface area (TPSA) is 26.3 Å². The molecule has 22 heavy (non-hydrogen) atoms. The molecule has 0 aromatic heterocycles. The van der Waals surface area contributed by atoms with Crippen LogP contribution in [0.3, 0.4) is 0 Å². The predicted octanol–water partition coefficient (Wildman–Crippen LogP) is 5.49. The van der Waals surface area contributed by atoms with Gasteiger partial charge in [-0.25, -0.2) is 10.0 Å². The van der Waals surface area contributed by atoms with Crippen LogP contribution in [0.4, 0.5) is 0 Å². The third-order valence-corrected chi connectivity index (χ3v) is 9.14. The number of rotatable bonds is 8. The normalized spacial score (nSPS) is 16.7. The van der Waals surface area contributed by atoms with Gasteiger partial charge >= 0.3 is 5.97 Å². The summed E-state index contributed by atoms with van der Waals surface area (Å²) in [4.78, 5) is 12.7. The van der Waals surface area contributed by atoms with Crippen LogP contribution in [-0.4, -0.2) is 36.1 Å². The minimum atomic E-state index is -0.570. The van der Waals surface area contributed by atoms with Gasteiger partial charge in [0.2, 0.25) is 0 Å². The third kappa shape index (κ3) is 6.14. The molecule has 1 unspecified atom stereocenters. The molecule has 0 aliphatic heterocycles. The van der Waals surface area contributed by atoms with Crippen LogP contribution in [0.1, 0.15) is 68.2 Å². The second kappa shape index (κ2) is 8.08. The summed E-state index contributed by atoms with van der Waals surface area (Å²) in [5.74, 6) is 1.64. The SMILES string of the molecule is CC(C)CC(C)(C(=O)OCCCS(C)(C)C(C)C)C(C)(C)C. The van der Waals surface area contributed by atoms with Crippen LogP contribution in [0.2, 0.25) is 0 Å². The van der Waals surface area contributed by atoms with Gasteiger partial charge in [0.25, 0.3) is 0 Å². The Kier molecular flexibility index (Phi) is 8.01. The van der Waals surface area contributed by atoms with Gasteiger partial charge in [0.1, 0.15) is 0 Å². The number of hydrogen-bond donors (Lipinski definition) is 0. The first-order chi connectivity index (χ1) is 9.74. The lowest BCUT2D eigenvalue weighted by Gasteiger charge is -2.41. The van der Waals surface area contributed by atoms with Crippen molar-refractivity contribution < 1.29 is 9.53 Å². The molecule has 1 atom stereocenters. The maximum Gasteiger partial charge on any atom is 0.312 e. The highest BCUT2D eigenvalue weighted by Gasteiger charge is 2.45. The quantitative estimate of drug-likeness (QED) is 0.434. The standard InChI is InChI=1S/C19H40O2S/c1-15(2)14-19(8,18(5,6)7)17(20)21-12-11-13-22(9,10)16(3)4/h15-16H,11-14H2,1-10H3. The fraction of sp³-hybridized carbons (Fsp3) is 0.947. The molecule has 0 aliphatic rings. The van der Waals surface area contributed by atoms with E-state index in [2.05, 4.69) is 67.9 Å². The van der Waals surface area contributed by atoms with Gasteiger partial charge in [-0.3, -0.25) is 4.79 Å². The van der Waals surface area contributed by atoms with Crippen LogP contribution in [0.25, 0.3) is 0 Å². The maximum absolute atomic E-state index is 12.7. The molecule has 0 fully saturated rings. The molecule has 0 radical (unpaired) electrons. The fourth-order valence-electron chi connectivity index (χ4n) is 2.50. The van der Waals surface area contributed by atoms with Gasteiger partial charge < -0.3 is 4.74 Å². The summed E-state index contributed by atoms with van der Waals surface area (Å²) >= 11 is 0. The maximum atomic E-state index is 12.7. The first kappa shape index (κ1) is 21.8. The number of hydrogen-bond acceptors (Lipinski definition) is 2. The number of esters is 1. The van der Waals surface area contributed by atoms with E-state index in [1.807, 2.05) is 0 Å². The molecule has 0 aromatic rings. The molecule has 0 bridgehead atoms. The highest BCUT2D eigenvalue weighted by atomic mass is 32.3. The molecule has 0 N–H and O–H groups in total. The molecule has 0 saturated carbocycles. The highest BCUT2D eigenvalue weighted by molar-refractivity contribution is 8.33. The van der Waals surface area contributed by atoms with E-state index in [1.54, 1.807) is 0 Å². The minimum Gasteiger partial charge on any atom is -0.465 e. The van der Waals surface area contributed by atoms with Crippen molar-refractivity contribution >= 4 is 16.0 Å². The van der Waals surface area contributed by atoms with E-state index in [9.17, 15) is 4.79 Å². The summed E-state index contributed by atoms with van der Waals surface area (Å²) in [5.41, 5.74) is -0.502. The third-order valence-electron chi connectivity index (χ3n) is 5.25. The molecule has 2 nitrogen and oxygen atoms in total. The Bertz CT molecular complexity index is 353. The van der Waals surface area contributed by atoms with Crippen molar-refractivity contribution in [3.63, 3.8) is 0 Å². The molecule has 134 valence electrons. The Morgan fingerprint density at radius 3 is 1.91 bits per heavy atom. The largest absolute Gasteiger partial charge is 0.465 e. The van der Waals surface area contributed by atoms with Gasteiger partial charge in [-0.05, 0) is 54.6 Å². The van der Waals surface area contributed by atoms with Gasteiger partial charge in [-0.2, -0.15) is 0 Å². The van der Waals surface area contributed by atoms with E-state index >= 15 is 0 Å². The van der Waals surface area contributed by atoms with Crippen molar-refractivity contribution in [3.05, 3.63) is 0 Å². The van der Waals surface area contributed by atoms with Crippen molar-refractivity contribution in [3.8, 4) is 0 Å². The van der Waals surface area contributed by atoms with E-state index in [4.69, 9.17) is 4.74 Å². The molecular formula is C19H40O2S. The Balaban J connectivity index is 4.62. The lowest BCUT2D eigenvalue weighted by atomic mass is 9.64. The minimum absolute atomic E-state index is 0.0222. The molecule has 0 rings (SSSR count). The van der Waals surface area contributed by atoms with E-state index in [1.165, 1.54) is 5.75 Å². The zero-order chi connectivity index (χ0) is 17.8. The Labute approximate surface area is 141 Å². The Hall–Kier alpha value is -0.180. The highest BCUT2D eigenvalue weighted by Crippen LogP contribution is 2.46. The Morgan fingerprint density at radius 1 is 1.05 bits per heavy atom. The number of carbonyl (C=O) groups is 1. The van der Waals surface area contributed by atoms with Crippen molar-refractivity contribution in [2.24, 2.45) is 16.7 Å². The fourth-order valence-corrected chi connectivity index (χ4v) is 3.84. The van der Waals surface area contributed by atoms with Crippen molar-refractivity contribution in [2.75, 3.05) is 24.9 Å². The van der Waals surface area contributed by atoms with Crippen molar-refractivity contribution in [2.45, 2.75) is 73.5 Å². The molecular weight excluding hydrogens is 292 g/mol. The Morgan fingerprint density at radius 2 is 1.55 bits per heavy atom. The molecule has 3 heteroatoms. The van der Waals surface area contributed by atoms with Gasteiger partial charge in [0.15, 0.2) is 0 Å². The second-order valence-corrected chi connectivity index (χ2v) is 13.6. The monoisotopic (exact) mass is 332 g/mol. The molecule has 0 aromatic carbocycles. The van der Waals surface area contributed by atoms with Crippen LogP contribution >= 0.6 is 10.0 Å². The van der Waals surface area contributed by atoms with Crippen LogP contribution < -0.4 is 0 Å². The molecule has 0 aliphatic carbocycles. The zero-order valence-electron chi connectivity index (χ0n) is 16.7. The predicted molar refractivity (Wildman–Crippen MR) is 102 cm³/mol. The van der Waals surface area contributed by atoms with Gasteiger partial charge in [0, 0.05) is 0 Å². The van der Waals surface area contributed by atoms with Crippen LogP contribution in [0.5, 0.6) is 0 Å². The molecule has 0 amide bonds. The van der Waals surface area contributed by atoms with E-state index in [-0.39, 0.29) is 11.4 Å². The summed E-state index contributed by atoms with van der Waals surface area (Å²) in [6.07, 6.45) is 6.60. The average Bonchev–Trinajstić information content (AvgIpc) is 2.31. The molecule has 0 spiro atoms. The van der Waals surface area contributed by atoms with Crippen molar-refractivity contribution in [1.82, 2.24) is 0 Å². The molecule has 0 saturated heterocycles.